The number of nitrogens with one attached hydrogen (secondary N) is 1. The van der Waals surface area contributed by atoms with Gasteiger partial charge in [0.05, 0.1) is 12.2 Å². The van der Waals surface area contributed by atoms with Crippen LogP contribution in [0.2, 0.25) is 0 Å². The van der Waals surface area contributed by atoms with Gasteiger partial charge in [0.25, 0.3) is 5.91 Å². The van der Waals surface area contributed by atoms with E-state index >= 15 is 0 Å². The highest BCUT2D eigenvalue weighted by Gasteiger charge is 2.07. The van der Waals surface area contributed by atoms with E-state index in [1.165, 1.54) is 0 Å². The molecule has 1 rings (SSSR count). The number of amides is 1. The number of hydrogen-bond acceptors (Lipinski definition) is 3. The average Bonchev–Trinajstić information content (AvgIpc) is 2.25. The number of aliphatic hydroxyl groups excluding tert-OH is 1. The first-order valence-electron chi connectivity index (χ1n) is 5.72. The lowest BCUT2D eigenvalue weighted by atomic mass is 10.2. The summed E-state index contributed by atoms with van der Waals surface area (Å²) in [5.74, 6) is 0.463. The summed E-state index contributed by atoms with van der Waals surface area (Å²) in [6.45, 7) is 5.73. The second kappa shape index (κ2) is 6.25. The lowest BCUT2D eigenvalue weighted by Crippen LogP contribution is -2.30. The minimum Gasteiger partial charge on any atom is -0.491 e. The maximum absolute atomic E-state index is 11.7. The van der Waals surface area contributed by atoms with Gasteiger partial charge in [-0.2, -0.15) is 0 Å². The van der Waals surface area contributed by atoms with Crippen molar-refractivity contribution in [3.8, 4) is 5.75 Å². The SMILES string of the molecule is CC(O)CNC(=O)c1cccc(OC(C)C)c1. The normalized spacial score (nSPS) is 12.3. The fraction of sp³-hybridized carbons (Fsp3) is 0.462. The third kappa shape index (κ3) is 4.87. The molecule has 0 aliphatic heterocycles. The van der Waals surface area contributed by atoms with E-state index in [9.17, 15) is 4.79 Å². The van der Waals surface area contributed by atoms with Crippen molar-refractivity contribution in [3.63, 3.8) is 0 Å². The molecule has 1 aromatic carbocycles. The van der Waals surface area contributed by atoms with Crippen LogP contribution in [-0.2, 0) is 0 Å². The molecule has 1 unspecified atom stereocenters. The first-order valence-corrected chi connectivity index (χ1v) is 5.72. The fourth-order valence-electron chi connectivity index (χ4n) is 1.33. The van der Waals surface area contributed by atoms with Gasteiger partial charge >= 0.3 is 0 Å². The summed E-state index contributed by atoms with van der Waals surface area (Å²) in [6.07, 6.45) is -0.472. The van der Waals surface area contributed by atoms with Gasteiger partial charge in [-0.05, 0) is 39.0 Å². The Bertz CT molecular complexity index is 375. The Morgan fingerprint density at radius 3 is 2.71 bits per heavy atom. The monoisotopic (exact) mass is 237 g/mol. The van der Waals surface area contributed by atoms with E-state index in [0.717, 1.165) is 0 Å². The third-order valence-electron chi connectivity index (χ3n) is 2.03. The molecule has 17 heavy (non-hydrogen) atoms. The van der Waals surface area contributed by atoms with Gasteiger partial charge in [-0.3, -0.25) is 4.79 Å². The van der Waals surface area contributed by atoms with Crippen molar-refractivity contribution in [2.24, 2.45) is 0 Å². The zero-order valence-electron chi connectivity index (χ0n) is 10.4. The predicted octanol–water partition coefficient (Wildman–Crippen LogP) is 1.58. The van der Waals surface area contributed by atoms with Crippen LogP contribution in [0.5, 0.6) is 5.75 Å². The number of benzene rings is 1. The van der Waals surface area contributed by atoms with Gasteiger partial charge in [0.1, 0.15) is 5.75 Å². The van der Waals surface area contributed by atoms with Gasteiger partial charge in [0.2, 0.25) is 0 Å². The zero-order chi connectivity index (χ0) is 12.8. The summed E-state index contributed by atoms with van der Waals surface area (Å²) in [5.41, 5.74) is 0.531. The van der Waals surface area contributed by atoms with Gasteiger partial charge in [-0.1, -0.05) is 6.07 Å². The lowest BCUT2D eigenvalue weighted by molar-refractivity contribution is 0.0923. The number of rotatable bonds is 5. The Balaban J connectivity index is 2.67. The summed E-state index contributed by atoms with van der Waals surface area (Å²) in [5, 5.41) is 11.7. The molecule has 0 bridgehead atoms. The fourth-order valence-corrected chi connectivity index (χ4v) is 1.33. The first kappa shape index (κ1) is 13.5. The van der Waals surface area contributed by atoms with Crippen LogP contribution in [0.4, 0.5) is 0 Å². The molecule has 4 nitrogen and oxygen atoms in total. The van der Waals surface area contributed by atoms with E-state index in [-0.39, 0.29) is 18.6 Å². The average molecular weight is 237 g/mol. The molecular formula is C13H19NO3. The van der Waals surface area contributed by atoms with Crippen molar-refractivity contribution in [2.75, 3.05) is 6.54 Å². The molecule has 1 aromatic rings. The van der Waals surface area contributed by atoms with Crippen molar-refractivity contribution in [2.45, 2.75) is 33.0 Å². The van der Waals surface area contributed by atoms with Gasteiger partial charge < -0.3 is 15.2 Å². The van der Waals surface area contributed by atoms with Crippen LogP contribution in [0, 0.1) is 0 Å². The molecule has 0 aliphatic carbocycles. The number of aliphatic hydroxyl groups is 1. The summed E-state index contributed by atoms with van der Waals surface area (Å²) >= 11 is 0. The van der Waals surface area contributed by atoms with Gasteiger partial charge in [0, 0.05) is 12.1 Å². The standard InChI is InChI=1S/C13H19NO3/c1-9(2)17-12-6-4-5-11(7-12)13(16)14-8-10(3)15/h4-7,9-10,15H,8H2,1-3H3,(H,14,16). The molecular weight excluding hydrogens is 218 g/mol. The highest BCUT2D eigenvalue weighted by atomic mass is 16.5. The lowest BCUT2D eigenvalue weighted by Gasteiger charge is -2.11. The molecule has 0 saturated heterocycles. The predicted molar refractivity (Wildman–Crippen MR) is 66.2 cm³/mol. The van der Waals surface area contributed by atoms with Crippen LogP contribution in [-0.4, -0.2) is 29.8 Å². The zero-order valence-corrected chi connectivity index (χ0v) is 10.4. The largest absolute Gasteiger partial charge is 0.491 e. The van der Waals surface area contributed by atoms with Crippen LogP contribution in [0.25, 0.3) is 0 Å². The molecule has 4 heteroatoms. The molecule has 0 saturated carbocycles. The molecule has 0 heterocycles. The smallest absolute Gasteiger partial charge is 0.251 e. The van der Waals surface area contributed by atoms with Gasteiger partial charge in [-0.15, -0.1) is 0 Å². The number of carbonyl (C=O) groups is 1. The summed E-state index contributed by atoms with van der Waals surface area (Å²) in [4.78, 5) is 11.7. The van der Waals surface area contributed by atoms with Crippen molar-refractivity contribution in [3.05, 3.63) is 29.8 Å². The quantitative estimate of drug-likeness (QED) is 0.817. The Morgan fingerprint density at radius 1 is 1.41 bits per heavy atom. The maximum Gasteiger partial charge on any atom is 0.251 e. The number of ether oxygens (including phenoxy) is 1. The molecule has 94 valence electrons. The van der Waals surface area contributed by atoms with Crippen molar-refractivity contribution < 1.29 is 14.6 Å². The van der Waals surface area contributed by atoms with Crippen LogP contribution in [0.1, 0.15) is 31.1 Å². The Morgan fingerprint density at radius 2 is 2.12 bits per heavy atom. The summed E-state index contributed by atoms with van der Waals surface area (Å²) < 4.78 is 5.50. The molecule has 0 radical (unpaired) electrons. The summed E-state index contributed by atoms with van der Waals surface area (Å²) in [6, 6.07) is 6.99. The Kier molecular flexibility index (Phi) is 4.97. The minimum absolute atomic E-state index is 0.0748. The van der Waals surface area contributed by atoms with E-state index < -0.39 is 6.10 Å². The molecule has 1 amide bonds. The highest BCUT2D eigenvalue weighted by molar-refractivity contribution is 5.94. The van der Waals surface area contributed by atoms with Crippen molar-refractivity contribution >= 4 is 5.91 Å². The topological polar surface area (TPSA) is 58.6 Å². The molecule has 0 aromatic heterocycles. The minimum atomic E-state index is -0.547. The Labute approximate surface area is 102 Å². The number of carbonyl (C=O) groups excluding carboxylic acids is 1. The van der Waals surface area contributed by atoms with Crippen LogP contribution < -0.4 is 10.1 Å². The molecule has 2 N–H and O–H groups in total. The molecule has 0 spiro atoms. The molecule has 1 atom stereocenters. The van der Waals surface area contributed by atoms with E-state index in [1.54, 1.807) is 25.1 Å². The molecule has 0 fully saturated rings. The van der Waals surface area contributed by atoms with Gasteiger partial charge in [0.15, 0.2) is 0 Å². The Hall–Kier alpha value is -1.55. The van der Waals surface area contributed by atoms with Crippen LogP contribution in [0.3, 0.4) is 0 Å². The van der Waals surface area contributed by atoms with E-state index in [1.807, 2.05) is 19.9 Å². The maximum atomic E-state index is 11.7. The van der Waals surface area contributed by atoms with Crippen LogP contribution >= 0.6 is 0 Å². The van der Waals surface area contributed by atoms with Gasteiger partial charge in [-0.25, -0.2) is 0 Å². The highest BCUT2D eigenvalue weighted by Crippen LogP contribution is 2.14. The van der Waals surface area contributed by atoms with Crippen molar-refractivity contribution in [1.29, 1.82) is 0 Å². The van der Waals surface area contributed by atoms with E-state index in [2.05, 4.69) is 5.32 Å². The van der Waals surface area contributed by atoms with Crippen molar-refractivity contribution in [1.82, 2.24) is 5.32 Å². The number of hydrogen-bond donors (Lipinski definition) is 2. The first-order chi connectivity index (χ1) is 7.99. The second-order valence-electron chi connectivity index (χ2n) is 4.25. The van der Waals surface area contributed by atoms with E-state index in [4.69, 9.17) is 9.84 Å². The van der Waals surface area contributed by atoms with Crippen LogP contribution in [0.15, 0.2) is 24.3 Å². The second-order valence-corrected chi connectivity index (χ2v) is 4.25. The summed E-state index contributed by atoms with van der Waals surface area (Å²) in [7, 11) is 0. The van der Waals surface area contributed by atoms with E-state index in [0.29, 0.717) is 11.3 Å². The third-order valence-corrected chi connectivity index (χ3v) is 2.03. The molecule has 0 aliphatic rings.